The van der Waals surface area contributed by atoms with Crippen LogP contribution in [0.4, 0.5) is 0 Å². The van der Waals surface area contributed by atoms with Gasteiger partial charge < -0.3 is 9.72 Å². The highest BCUT2D eigenvalue weighted by atomic mass is 16.6. The van der Waals surface area contributed by atoms with Gasteiger partial charge in [0.15, 0.2) is 0 Å². The third kappa shape index (κ3) is 3.73. The van der Waals surface area contributed by atoms with Crippen molar-refractivity contribution in [3.8, 4) is 0 Å². The van der Waals surface area contributed by atoms with Crippen molar-refractivity contribution in [2.45, 2.75) is 13.0 Å². The molecule has 1 aromatic heterocycles. The molecule has 0 amide bonds. The number of rotatable bonds is 0. The zero-order chi connectivity index (χ0) is 6.53. The molecule has 1 aliphatic rings. The first-order valence-corrected chi connectivity index (χ1v) is 2.94. The fourth-order valence-corrected chi connectivity index (χ4v) is 0.311. The topological polar surface area (TPSA) is 41.2 Å². The smallest absolute Gasteiger partial charge is 0.0919 e. The summed E-state index contributed by atoms with van der Waals surface area (Å²) in [6.45, 7) is 3.04. The van der Waals surface area contributed by atoms with Crippen molar-refractivity contribution in [2.24, 2.45) is 0 Å². The van der Waals surface area contributed by atoms with Gasteiger partial charge in [0.2, 0.25) is 0 Å². The largest absolute Gasteiger partial charge is 0.373 e. The van der Waals surface area contributed by atoms with Crippen molar-refractivity contribution in [3.05, 3.63) is 18.7 Å². The molecular formula is C6H10N2O. The van der Waals surface area contributed by atoms with Crippen molar-refractivity contribution in [1.29, 1.82) is 0 Å². The van der Waals surface area contributed by atoms with Gasteiger partial charge in [-0.05, 0) is 6.92 Å². The van der Waals surface area contributed by atoms with E-state index in [-0.39, 0.29) is 0 Å². The SMILES string of the molecule is CC1CO1.c1c[nH]cn1. The summed E-state index contributed by atoms with van der Waals surface area (Å²) in [4.78, 5) is 6.42. The predicted molar refractivity (Wildman–Crippen MR) is 34.0 cm³/mol. The molecule has 0 radical (unpaired) electrons. The molecule has 0 saturated carbocycles. The number of nitrogens with one attached hydrogen (secondary N) is 1. The highest BCUT2D eigenvalue weighted by molar-refractivity contribution is 4.64. The van der Waals surface area contributed by atoms with Gasteiger partial charge in [0.05, 0.1) is 19.0 Å². The average molecular weight is 126 g/mol. The molecule has 0 aromatic carbocycles. The Bertz CT molecular complexity index is 118. The molecule has 1 N–H and O–H groups in total. The Balaban J connectivity index is 0.0000000922. The maximum atomic E-state index is 4.71. The highest BCUT2D eigenvalue weighted by Crippen LogP contribution is 2.04. The molecule has 2 rings (SSSR count). The Kier molecular flexibility index (Phi) is 2.27. The Hall–Kier alpha value is -0.830. The summed E-state index contributed by atoms with van der Waals surface area (Å²) < 4.78 is 4.71. The lowest BCUT2D eigenvalue weighted by Gasteiger charge is -1.50. The summed E-state index contributed by atoms with van der Waals surface area (Å²) in [6, 6.07) is 0. The minimum Gasteiger partial charge on any atom is -0.373 e. The maximum absolute atomic E-state index is 4.71. The van der Waals surface area contributed by atoms with E-state index in [0.717, 1.165) is 6.61 Å². The first-order valence-electron chi connectivity index (χ1n) is 2.94. The lowest BCUT2D eigenvalue weighted by molar-refractivity contribution is 0.423. The van der Waals surface area contributed by atoms with Gasteiger partial charge in [-0.15, -0.1) is 0 Å². The summed E-state index contributed by atoms with van der Waals surface area (Å²) in [5.41, 5.74) is 0. The van der Waals surface area contributed by atoms with Crippen LogP contribution in [0, 0.1) is 0 Å². The lowest BCUT2D eigenvalue weighted by atomic mass is 10.6. The number of aromatic nitrogens is 2. The van der Waals surface area contributed by atoms with E-state index in [0.29, 0.717) is 6.10 Å². The average Bonchev–Trinajstić information content (AvgIpc) is 2.52. The summed E-state index contributed by atoms with van der Waals surface area (Å²) in [5.74, 6) is 0. The number of hydrogen-bond donors (Lipinski definition) is 1. The van der Waals surface area contributed by atoms with E-state index < -0.39 is 0 Å². The van der Waals surface area contributed by atoms with Crippen LogP contribution in [0.1, 0.15) is 6.92 Å². The quantitative estimate of drug-likeness (QED) is 0.523. The van der Waals surface area contributed by atoms with Crippen LogP contribution in [0.3, 0.4) is 0 Å². The van der Waals surface area contributed by atoms with Crippen LogP contribution >= 0.6 is 0 Å². The van der Waals surface area contributed by atoms with Gasteiger partial charge in [0, 0.05) is 12.4 Å². The second-order valence-corrected chi connectivity index (χ2v) is 1.90. The van der Waals surface area contributed by atoms with E-state index in [1.165, 1.54) is 0 Å². The molecule has 1 saturated heterocycles. The molecule has 2 heterocycles. The molecule has 1 aromatic rings. The summed E-state index contributed by atoms with van der Waals surface area (Å²) in [6.07, 6.45) is 5.67. The Morgan fingerprint density at radius 1 is 1.78 bits per heavy atom. The molecule has 0 spiro atoms. The fraction of sp³-hybridized carbons (Fsp3) is 0.500. The Morgan fingerprint density at radius 3 is 2.56 bits per heavy atom. The van der Waals surface area contributed by atoms with Gasteiger partial charge in [-0.1, -0.05) is 0 Å². The number of nitrogens with zero attached hydrogens (tertiary/aromatic N) is 1. The number of hydrogen-bond acceptors (Lipinski definition) is 2. The maximum Gasteiger partial charge on any atom is 0.0919 e. The fourth-order valence-electron chi connectivity index (χ4n) is 0.311. The number of H-pyrrole nitrogens is 1. The summed E-state index contributed by atoms with van der Waals surface area (Å²) in [7, 11) is 0. The minimum atomic E-state index is 0.583. The van der Waals surface area contributed by atoms with Crippen LogP contribution in [0.25, 0.3) is 0 Å². The standard InChI is InChI=1S/C3H4N2.C3H6O/c1-2-5-3-4-1;1-3-2-4-3/h1-3H,(H,4,5);3H,2H2,1H3. The Labute approximate surface area is 54.1 Å². The van der Waals surface area contributed by atoms with E-state index in [2.05, 4.69) is 16.9 Å². The van der Waals surface area contributed by atoms with Crippen LogP contribution in [-0.4, -0.2) is 22.7 Å². The number of aromatic amines is 1. The molecule has 1 fully saturated rings. The third-order valence-corrected chi connectivity index (χ3v) is 0.906. The van der Waals surface area contributed by atoms with E-state index in [4.69, 9.17) is 4.74 Å². The minimum absolute atomic E-state index is 0.583. The van der Waals surface area contributed by atoms with Crippen molar-refractivity contribution in [2.75, 3.05) is 6.61 Å². The van der Waals surface area contributed by atoms with Crippen molar-refractivity contribution in [3.63, 3.8) is 0 Å². The summed E-state index contributed by atoms with van der Waals surface area (Å²) in [5, 5.41) is 0. The van der Waals surface area contributed by atoms with Gasteiger partial charge in [0.1, 0.15) is 0 Å². The molecule has 3 heteroatoms. The van der Waals surface area contributed by atoms with Crippen LogP contribution in [0.5, 0.6) is 0 Å². The van der Waals surface area contributed by atoms with Crippen molar-refractivity contribution in [1.82, 2.24) is 9.97 Å². The second kappa shape index (κ2) is 3.25. The molecule has 0 aliphatic carbocycles. The van der Waals surface area contributed by atoms with Crippen LogP contribution in [-0.2, 0) is 4.74 Å². The molecule has 0 bridgehead atoms. The monoisotopic (exact) mass is 126 g/mol. The zero-order valence-corrected chi connectivity index (χ0v) is 5.37. The number of imidazole rings is 1. The highest BCUT2D eigenvalue weighted by Gasteiger charge is 2.13. The van der Waals surface area contributed by atoms with E-state index >= 15 is 0 Å². The van der Waals surface area contributed by atoms with Crippen molar-refractivity contribution < 1.29 is 4.74 Å². The number of epoxide rings is 1. The molecule has 1 unspecified atom stereocenters. The zero-order valence-electron chi connectivity index (χ0n) is 5.37. The predicted octanol–water partition coefficient (Wildman–Crippen LogP) is 0.815. The van der Waals surface area contributed by atoms with Crippen LogP contribution < -0.4 is 0 Å². The molecule has 1 atom stereocenters. The third-order valence-electron chi connectivity index (χ3n) is 0.906. The van der Waals surface area contributed by atoms with Gasteiger partial charge in [0.25, 0.3) is 0 Å². The lowest BCUT2D eigenvalue weighted by Crippen LogP contribution is -1.60. The van der Waals surface area contributed by atoms with E-state index in [1.807, 2.05) is 0 Å². The van der Waals surface area contributed by atoms with Gasteiger partial charge in [-0.2, -0.15) is 0 Å². The van der Waals surface area contributed by atoms with Gasteiger partial charge in [-0.25, -0.2) is 4.98 Å². The molecule has 3 nitrogen and oxygen atoms in total. The van der Waals surface area contributed by atoms with Crippen LogP contribution in [0.2, 0.25) is 0 Å². The Morgan fingerprint density at radius 2 is 2.44 bits per heavy atom. The van der Waals surface area contributed by atoms with Crippen LogP contribution in [0.15, 0.2) is 18.7 Å². The first-order chi connectivity index (χ1) is 4.39. The molecular weight excluding hydrogens is 116 g/mol. The summed E-state index contributed by atoms with van der Waals surface area (Å²) >= 11 is 0. The normalized spacial score (nSPS) is 22.1. The van der Waals surface area contributed by atoms with Crippen molar-refractivity contribution >= 4 is 0 Å². The first kappa shape index (κ1) is 6.29. The molecule has 9 heavy (non-hydrogen) atoms. The molecule has 1 aliphatic heterocycles. The van der Waals surface area contributed by atoms with Gasteiger partial charge in [-0.3, -0.25) is 0 Å². The van der Waals surface area contributed by atoms with E-state index in [1.54, 1.807) is 18.7 Å². The molecule has 50 valence electrons. The van der Waals surface area contributed by atoms with Gasteiger partial charge >= 0.3 is 0 Å². The second-order valence-electron chi connectivity index (χ2n) is 1.90. The van der Waals surface area contributed by atoms with E-state index in [9.17, 15) is 0 Å². The number of ether oxygens (including phenoxy) is 1.